The Morgan fingerprint density at radius 1 is 1.17 bits per heavy atom. The predicted octanol–water partition coefficient (Wildman–Crippen LogP) is 2.67. The highest BCUT2D eigenvalue weighted by atomic mass is 32.2. The maximum atomic E-state index is 13.0. The Labute approximate surface area is 177 Å². The van der Waals surface area contributed by atoms with Gasteiger partial charge in [-0.1, -0.05) is 18.7 Å². The molecule has 0 spiro atoms. The highest BCUT2D eigenvalue weighted by Crippen LogP contribution is 2.25. The van der Waals surface area contributed by atoms with Crippen molar-refractivity contribution in [2.45, 2.75) is 37.0 Å². The second-order valence-electron chi connectivity index (χ2n) is 6.34. The maximum Gasteiger partial charge on any atom is 0.319 e. The number of benzene rings is 1. The average Bonchev–Trinajstić information content (AvgIpc) is 3.14. The Kier molecular flexibility index (Phi) is 7.34. The van der Waals surface area contributed by atoms with Crippen LogP contribution in [-0.4, -0.2) is 50.1 Å². The summed E-state index contributed by atoms with van der Waals surface area (Å²) in [6.45, 7) is 4.34. The molecule has 0 aliphatic carbocycles. The van der Waals surface area contributed by atoms with E-state index >= 15 is 0 Å². The zero-order valence-corrected chi connectivity index (χ0v) is 17.5. The van der Waals surface area contributed by atoms with Gasteiger partial charge in [0.1, 0.15) is 16.1 Å². The van der Waals surface area contributed by atoms with Crippen LogP contribution >= 0.6 is 11.8 Å². The number of nitrogens with one attached hydrogen (secondary N) is 1. The number of halogens is 1. The van der Waals surface area contributed by atoms with E-state index in [2.05, 4.69) is 20.6 Å². The zero-order valence-electron chi connectivity index (χ0n) is 16.7. The van der Waals surface area contributed by atoms with Gasteiger partial charge in [-0.05, 0) is 49.7 Å². The van der Waals surface area contributed by atoms with Crippen LogP contribution < -0.4 is 5.32 Å². The topological polar surface area (TPSA) is 98.5 Å². The summed E-state index contributed by atoms with van der Waals surface area (Å²) in [5.41, 5.74) is 0.951. The Morgan fingerprint density at radius 3 is 2.63 bits per heavy atom. The highest BCUT2D eigenvalue weighted by molar-refractivity contribution is 8.00. The fourth-order valence-corrected chi connectivity index (χ4v) is 3.60. The van der Waals surface area contributed by atoms with Gasteiger partial charge in [0.15, 0.2) is 11.5 Å². The molecular formula is C20H22FN5O3S. The molecular weight excluding hydrogens is 409 g/mol. The standard InChI is InChI=1S/C20H22FN5O3S/c1-3-15(20(28)29-4-2)30-18-10-9-16-23-24-17(26(16)25-18)11-12-22-19(27)13-5-7-14(21)8-6-13/h5-10,15H,3-4,11-12H2,1-2H3,(H,22,27). The van der Waals surface area contributed by atoms with Crippen LogP contribution in [-0.2, 0) is 16.0 Å². The number of rotatable bonds is 9. The predicted molar refractivity (Wildman–Crippen MR) is 110 cm³/mol. The fourth-order valence-electron chi connectivity index (χ4n) is 2.71. The Bertz CT molecular complexity index is 1020. The Hall–Kier alpha value is -3.01. The van der Waals surface area contributed by atoms with Gasteiger partial charge in [0, 0.05) is 18.5 Å². The van der Waals surface area contributed by atoms with Crippen molar-refractivity contribution < 1.29 is 18.7 Å². The first-order valence-corrected chi connectivity index (χ1v) is 10.5. The first-order chi connectivity index (χ1) is 14.5. The molecule has 0 fully saturated rings. The molecule has 3 rings (SSSR count). The lowest BCUT2D eigenvalue weighted by Gasteiger charge is -2.12. The van der Waals surface area contributed by atoms with Crippen molar-refractivity contribution in [3.05, 3.63) is 53.6 Å². The van der Waals surface area contributed by atoms with Gasteiger partial charge in [0.05, 0.1) is 6.61 Å². The molecule has 0 saturated carbocycles. The zero-order chi connectivity index (χ0) is 21.5. The normalized spacial score (nSPS) is 12.0. The minimum absolute atomic E-state index is 0.264. The van der Waals surface area contributed by atoms with Gasteiger partial charge in [-0.2, -0.15) is 9.61 Å². The van der Waals surface area contributed by atoms with Crippen LogP contribution in [0, 0.1) is 5.82 Å². The molecule has 0 saturated heterocycles. The van der Waals surface area contributed by atoms with Gasteiger partial charge in [-0.3, -0.25) is 9.59 Å². The summed E-state index contributed by atoms with van der Waals surface area (Å²) in [6.07, 6.45) is 1.03. The smallest absolute Gasteiger partial charge is 0.319 e. The molecule has 1 unspecified atom stereocenters. The fraction of sp³-hybridized carbons (Fsp3) is 0.350. The van der Waals surface area contributed by atoms with Gasteiger partial charge in [0.2, 0.25) is 0 Å². The van der Waals surface area contributed by atoms with E-state index in [1.54, 1.807) is 23.6 Å². The quantitative estimate of drug-likeness (QED) is 0.411. The molecule has 0 radical (unpaired) electrons. The van der Waals surface area contributed by atoms with Gasteiger partial charge < -0.3 is 10.1 Å². The summed E-state index contributed by atoms with van der Waals surface area (Å²) in [5, 5.41) is 15.8. The highest BCUT2D eigenvalue weighted by Gasteiger charge is 2.20. The molecule has 1 N–H and O–H groups in total. The van der Waals surface area contributed by atoms with Crippen LogP contribution in [0.4, 0.5) is 4.39 Å². The molecule has 8 nitrogen and oxygen atoms in total. The number of carbonyl (C=O) groups excluding carboxylic acids is 2. The van der Waals surface area contributed by atoms with Crippen molar-refractivity contribution in [2.24, 2.45) is 0 Å². The van der Waals surface area contributed by atoms with Crippen LogP contribution in [0.5, 0.6) is 0 Å². The van der Waals surface area contributed by atoms with Gasteiger partial charge in [-0.25, -0.2) is 4.39 Å². The lowest BCUT2D eigenvalue weighted by Crippen LogP contribution is -2.26. The van der Waals surface area contributed by atoms with E-state index in [9.17, 15) is 14.0 Å². The second kappa shape index (κ2) is 10.1. The van der Waals surface area contributed by atoms with Crippen molar-refractivity contribution in [1.29, 1.82) is 0 Å². The van der Waals surface area contributed by atoms with E-state index in [-0.39, 0.29) is 17.1 Å². The van der Waals surface area contributed by atoms with E-state index in [1.807, 2.05) is 6.92 Å². The van der Waals surface area contributed by atoms with E-state index in [1.165, 1.54) is 36.0 Å². The van der Waals surface area contributed by atoms with Crippen molar-refractivity contribution in [1.82, 2.24) is 25.1 Å². The lowest BCUT2D eigenvalue weighted by atomic mass is 10.2. The molecule has 30 heavy (non-hydrogen) atoms. The third-order valence-corrected chi connectivity index (χ3v) is 5.50. The molecule has 1 atom stereocenters. The number of carbonyl (C=O) groups is 2. The van der Waals surface area contributed by atoms with Crippen LogP contribution in [0.2, 0.25) is 0 Å². The second-order valence-corrected chi connectivity index (χ2v) is 7.56. The van der Waals surface area contributed by atoms with Gasteiger partial charge >= 0.3 is 5.97 Å². The molecule has 2 aromatic heterocycles. The van der Waals surface area contributed by atoms with E-state index in [0.29, 0.717) is 48.1 Å². The molecule has 158 valence electrons. The van der Waals surface area contributed by atoms with Crippen molar-refractivity contribution >= 4 is 29.3 Å². The lowest BCUT2D eigenvalue weighted by molar-refractivity contribution is -0.142. The number of hydrogen-bond donors (Lipinski definition) is 1. The molecule has 1 aromatic carbocycles. The third kappa shape index (κ3) is 5.32. The number of thioether (sulfide) groups is 1. The van der Waals surface area contributed by atoms with Crippen molar-refractivity contribution in [3.8, 4) is 0 Å². The van der Waals surface area contributed by atoms with E-state index in [0.717, 1.165) is 0 Å². The number of amides is 1. The monoisotopic (exact) mass is 431 g/mol. The summed E-state index contributed by atoms with van der Waals surface area (Å²) in [7, 11) is 0. The molecule has 3 aromatic rings. The molecule has 0 bridgehead atoms. The summed E-state index contributed by atoms with van der Waals surface area (Å²) in [6, 6.07) is 8.90. The number of esters is 1. The molecule has 10 heteroatoms. The first kappa shape index (κ1) is 21.7. The van der Waals surface area contributed by atoms with Crippen LogP contribution in [0.15, 0.2) is 41.4 Å². The number of aromatic nitrogens is 4. The van der Waals surface area contributed by atoms with Crippen molar-refractivity contribution in [3.63, 3.8) is 0 Å². The molecule has 0 aliphatic heterocycles. The summed E-state index contributed by atoms with van der Waals surface area (Å²) < 4.78 is 19.7. The SMILES string of the molecule is CCOC(=O)C(CC)Sc1ccc2nnc(CCNC(=O)c3ccc(F)cc3)n2n1. The Balaban J connectivity index is 1.65. The number of hydrogen-bond acceptors (Lipinski definition) is 7. The van der Waals surface area contributed by atoms with Crippen LogP contribution in [0.1, 0.15) is 36.5 Å². The number of ether oxygens (including phenoxy) is 1. The number of nitrogens with zero attached hydrogens (tertiary/aromatic N) is 4. The summed E-state index contributed by atoms with van der Waals surface area (Å²) in [5.74, 6) is -0.377. The Morgan fingerprint density at radius 2 is 1.93 bits per heavy atom. The summed E-state index contributed by atoms with van der Waals surface area (Å²) in [4.78, 5) is 24.2. The maximum absolute atomic E-state index is 13.0. The third-order valence-electron chi connectivity index (χ3n) is 4.23. The van der Waals surface area contributed by atoms with Gasteiger partial charge in [-0.15, -0.1) is 10.2 Å². The first-order valence-electron chi connectivity index (χ1n) is 9.60. The largest absolute Gasteiger partial charge is 0.465 e. The minimum Gasteiger partial charge on any atom is -0.465 e. The molecule has 0 aliphatic rings. The number of fused-ring (bicyclic) bond motifs is 1. The van der Waals surface area contributed by atoms with Crippen molar-refractivity contribution in [2.75, 3.05) is 13.2 Å². The molecule has 2 heterocycles. The van der Waals surface area contributed by atoms with Crippen LogP contribution in [0.25, 0.3) is 5.65 Å². The van der Waals surface area contributed by atoms with Crippen LogP contribution in [0.3, 0.4) is 0 Å². The summed E-state index contributed by atoms with van der Waals surface area (Å²) >= 11 is 1.33. The van der Waals surface area contributed by atoms with Gasteiger partial charge in [0.25, 0.3) is 5.91 Å². The average molecular weight is 431 g/mol. The van der Waals surface area contributed by atoms with E-state index < -0.39 is 5.82 Å². The molecule has 1 amide bonds. The van der Waals surface area contributed by atoms with E-state index in [4.69, 9.17) is 4.74 Å². The minimum atomic E-state index is -0.394.